The van der Waals surface area contributed by atoms with Crippen molar-refractivity contribution >= 4 is 93.3 Å². The predicted octanol–water partition coefficient (Wildman–Crippen LogP) is 15.7. The molecule has 0 bridgehead atoms. The van der Waals surface area contributed by atoms with Gasteiger partial charge in [0.05, 0.1) is 16.8 Å². The molecule has 2 heterocycles. The smallest absolute Gasteiger partial charge is 0.159 e. The third-order valence-electron chi connectivity index (χ3n) is 11.6. The fraction of sp³-hybridized carbons (Fsp3) is 0. The van der Waals surface area contributed by atoms with Gasteiger partial charge in [-0.15, -0.1) is 0 Å². The first kappa shape index (κ1) is 31.7. The number of para-hydroxylation sites is 2. The molecule has 0 atom stereocenters. The Morgan fingerprint density at radius 2 is 0.877 bits per heavy atom. The van der Waals surface area contributed by atoms with Crippen molar-refractivity contribution in [3.8, 4) is 22.3 Å². The molecule has 0 radical (unpaired) electrons. The van der Waals surface area contributed by atoms with Crippen LogP contribution >= 0.6 is 0 Å². The highest BCUT2D eigenvalue weighted by Gasteiger charge is 2.25. The van der Waals surface area contributed by atoms with Gasteiger partial charge in [0.1, 0.15) is 16.7 Å². The SMILES string of the molecule is c1ccc(-c2c(-c3cccc(N(c4cccc5c4oc4ccccc45)c4cccc5oc6c7ccccc7ccc6c45)c3)c3ccccc3c3ccccc23)cc1. The summed E-state index contributed by atoms with van der Waals surface area (Å²) in [5.41, 5.74) is 11.1. The van der Waals surface area contributed by atoms with E-state index in [1.165, 1.54) is 38.2 Å². The Morgan fingerprint density at radius 1 is 0.316 bits per heavy atom. The first-order valence-corrected chi connectivity index (χ1v) is 19.4. The van der Waals surface area contributed by atoms with E-state index in [9.17, 15) is 0 Å². The van der Waals surface area contributed by atoms with Crippen LogP contribution in [-0.4, -0.2) is 0 Å². The normalized spacial score (nSPS) is 11.9. The van der Waals surface area contributed by atoms with Gasteiger partial charge < -0.3 is 13.7 Å². The van der Waals surface area contributed by atoms with Crippen LogP contribution < -0.4 is 4.90 Å². The Bertz CT molecular complexity index is 3540. The maximum Gasteiger partial charge on any atom is 0.159 e. The highest BCUT2D eigenvalue weighted by Crippen LogP contribution is 2.49. The standard InChI is InChI=1S/C54H33NO2/c1-2-16-35(17-3-1)50-42-24-8-6-21-39(42)40-22-7-9-25-43(40)51(50)36-18-12-19-37(33-36)55(47-28-13-26-44-41-23-10-11-29-48(41)56-54(44)47)46-27-14-30-49-52(46)45-32-31-34-15-4-5-20-38(34)53(45)57-49/h1-33H. The average molecular weight is 728 g/mol. The molecule has 0 N–H and O–H groups in total. The second-order valence-corrected chi connectivity index (χ2v) is 14.8. The van der Waals surface area contributed by atoms with Gasteiger partial charge >= 0.3 is 0 Å². The van der Waals surface area contributed by atoms with Crippen LogP contribution in [0.25, 0.3) is 98.4 Å². The number of rotatable bonds is 5. The molecule has 3 heteroatoms. The van der Waals surface area contributed by atoms with Crippen molar-refractivity contribution in [1.82, 2.24) is 0 Å². The van der Waals surface area contributed by atoms with E-state index >= 15 is 0 Å². The maximum absolute atomic E-state index is 6.78. The number of nitrogens with zero attached hydrogens (tertiary/aromatic N) is 1. The van der Waals surface area contributed by atoms with Crippen LogP contribution in [0.15, 0.2) is 209 Å². The summed E-state index contributed by atoms with van der Waals surface area (Å²) in [7, 11) is 0. The minimum absolute atomic E-state index is 0.834. The molecule has 0 saturated carbocycles. The van der Waals surface area contributed by atoms with Crippen molar-refractivity contribution in [2.45, 2.75) is 0 Å². The largest absolute Gasteiger partial charge is 0.455 e. The van der Waals surface area contributed by atoms with Crippen molar-refractivity contribution in [2.24, 2.45) is 0 Å². The number of fused-ring (bicyclic) bond motifs is 11. The van der Waals surface area contributed by atoms with Gasteiger partial charge in [0.2, 0.25) is 0 Å². The lowest BCUT2D eigenvalue weighted by Crippen LogP contribution is -2.11. The third-order valence-corrected chi connectivity index (χ3v) is 11.6. The van der Waals surface area contributed by atoms with Gasteiger partial charge in [0.15, 0.2) is 5.58 Å². The molecule has 266 valence electrons. The summed E-state index contributed by atoms with van der Waals surface area (Å²) in [6.45, 7) is 0. The summed E-state index contributed by atoms with van der Waals surface area (Å²) < 4.78 is 13.5. The average Bonchev–Trinajstić information content (AvgIpc) is 3.86. The fourth-order valence-corrected chi connectivity index (χ4v) is 9.18. The Balaban J connectivity index is 1.19. The zero-order valence-electron chi connectivity index (χ0n) is 30.8. The molecule has 2 aromatic heterocycles. The number of hydrogen-bond acceptors (Lipinski definition) is 3. The number of benzene rings is 10. The highest BCUT2D eigenvalue weighted by atomic mass is 16.3. The van der Waals surface area contributed by atoms with Crippen molar-refractivity contribution in [1.29, 1.82) is 0 Å². The lowest BCUT2D eigenvalue weighted by molar-refractivity contribution is 0.669. The molecule has 12 rings (SSSR count). The van der Waals surface area contributed by atoms with Crippen LogP contribution in [0.4, 0.5) is 17.1 Å². The van der Waals surface area contributed by atoms with Crippen LogP contribution in [0.1, 0.15) is 0 Å². The Labute approximate surface area is 328 Å². The molecule has 0 fully saturated rings. The zero-order valence-corrected chi connectivity index (χ0v) is 30.8. The molecule has 10 aromatic carbocycles. The van der Waals surface area contributed by atoms with Crippen LogP contribution in [0.3, 0.4) is 0 Å². The summed E-state index contributed by atoms with van der Waals surface area (Å²) in [4.78, 5) is 2.37. The minimum atomic E-state index is 0.834. The van der Waals surface area contributed by atoms with Crippen molar-refractivity contribution < 1.29 is 8.83 Å². The van der Waals surface area contributed by atoms with Gasteiger partial charge in [-0.3, -0.25) is 0 Å². The molecule has 0 aliphatic carbocycles. The monoisotopic (exact) mass is 727 g/mol. The van der Waals surface area contributed by atoms with E-state index in [1.807, 2.05) is 6.07 Å². The number of furan rings is 2. The Kier molecular flexibility index (Phi) is 6.93. The molecular weight excluding hydrogens is 695 g/mol. The number of hydrogen-bond donors (Lipinski definition) is 0. The molecule has 0 amide bonds. The fourth-order valence-electron chi connectivity index (χ4n) is 9.18. The maximum atomic E-state index is 6.78. The molecule has 12 aromatic rings. The molecular formula is C54H33NO2. The van der Waals surface area contributed by atoms with Crippen molar-refractivity contribution in [3.05, 3.63) is 200 Å². The second kappa shape index (κ2) is 12.5. The van der Waals surface area contributed by atoms with Crippen LogP contribution in [-0.2, 0) is 0 Å². The van der Waals surface area contributed by atoms with Gasteiger partial charge in [-0.2, -0.15) is 0 Å². The quantitative estimate of drug-likeness (QED) is 0.165. The molecule has 57 heavy (non-hydrogen) atoms. The Morgan fingerprint density at radius 3 is 1.68 bits per heavy atom. The molecule has 0 unspecified atom stereocenters. The Hall–Kier alpha value is -7.62. The molecule has 0 saturated heterocycles. The molecule has 3 nitrogen and oxygen atoms in total. The lowest BCUT2D eigenvalue weighted by atomic mass is 9.85. The van der Waals surface area contributed by atoms with E-state index in [1.54, 1.807) is 0 Å². The summed E-state index contributed by atoms with van der Waals surface area (Å²) in [5, 5.41) is 11.5. The predicted molar refractivity (Wildman–Crippen MR) is 239 cm³/mol. The van der Waals surface area contributed by atoms with Crippen LogP contribution in [0.5, 0.6) is 0 Å². The molecule has 0 aliphatic rings. The van der Waals surface area contributed by atoms with E-state index in [-0.39, 0.29) is 0 Å². The third kappa shape index (κ3) is 4.79. The summed E-state index contributed by atoms with van der Waals surface area (Å²) in [6, 6.07) is 71.5. The van der Waals surface area contributed by atoms with E-state index in [0.29, 0.717) is 0 Å². The van der Waals surface area contributed by atoms with Crippen LogP contribution in [0.2, 0.25) is 0 Å². The minimum Gasteiger partial charge on any atom is -0.455 e. The molecule has 0 spiro atoms. The first-order chi connectivity index (χ1) is 28.3. The topological polar surface area (TPSA) is 29.5 Å². The second-order valence-electron chi connectivity index (χ2n) is 14.8. The molecule has 0 aliphatic heterocycles. The summed E-state index contributed by atoms with van der Waals surface area (Å²) in [5.74, 6) is 0. The van der Waals surface area contributed by atoms with Crippen molar-refractivity contribution in [3.63, 3.8) is 0 Å². The van der Waals surface area contributed by atoms with Gasteiger partial charge in [0, 0.05) is 27.2 Å². The van der Waals surface area contributed by atoms with Crippen LogP contribution in [0, 0.1) is 0 Å². The van der Waals surface area contributed by atoms with E-state index in [2.05, 4.69) is 199 Å². The lowest BCUT2D eigenvalue weighted by Gasteiger charge is -2.27. The van der Waals surface area contributed by atoms with E-state index in [4.69, 9.17) is 8.83 Å². The summed E-state index contributed by atoms with van der Waals surface area (Å²) in [6.07, 6.45) is 0. The summed E-state index contributed by atoms with van der Waals surface area (Å²) >= 11 is 0. The van der Waals surface area contributed by atoms with Crippen molar-refractivity contribution in [2.75, 3.05) is 4.90 Å². The van der Waals surface area contributed by atoms with Gasteiger partial charge in [-0.05, 0) is 91.6 Å². The highest BCUT2D eigenvalue weighted by molar-refractivity contribution is 6.23. The first-order valence-electron chi connectivity index (χ1n) is 19.4. The van der Waals surface area contributed by atoms with E-state index in [0.717, 1.165) is 77.3 Å². The van der Waals surface area contributed by atoms with E-state index < -0.39 is 0 Å². The van der Waals surface area contributed by atoms with Gasteiger partial charge in [0.25, 0.3) is 0 Å². The zero-order chi connectivity index (χ0) is 37.5. The van der Waals surface area contributed by atoms with Gasteiger partial charge in [-0.25, -0.2) is 0 Å². The van der Waals surface area contributed by atoms with Gasteiger partial charge in [-0.1, -0.05) is 158 Å². The number of anilines is 3.